The van der Waals surface area contributed by atoms with Crippen molar-refractivity contribution in [2.45, 2.75) is 0 Å². The zero-order valence-electron chi connectivity index (χ0n) is 11.0. The number of anilines is 2. The van der Waals surface area contributed by atoms with Gasteiger partial charge in [-0.3, -0.25) is 4.79 Å². The molecule has 0 aliphatic rings. The number of halogens is 1. The van der Waals surface area contributed by atoms with Gasteiger partial charge >= 0.3 is 5.97 Å². The summed E-state index contributed by atoms with van der Waals surface area (Å²) in [7, 11) is 0. The second kappa shape index (κ2) is 6.51. The van der Waals surface area contributed by atoms with E-state index in [2.05, 4.69) is 10.6 Å². The Morgan fingerprint density at radius 1 is 1.10 bits per heavy atom. The number of nitrogens with one attached hydrogen (secondary N) is 2. The van der Waals surface area contributed by atoms with E-state index in [0.29, 0.717) is 0 Å². The predicted octanol–water partition coefficient (Wildman–Crippen LogP) is 2.57. The van der Waals surface area contributed by atoms with E-state index in [1.54, 1.807) is 12.1 Å². The average Bonchev–Trinajstić information content (AvgIpc) is 2.48. The van der Waals surface area contributed by atoms with Gasteiger partial charge in [0.05, 0.1) is 17.8 Å². The topological polar surface area (TPSA) is 78.4 Å². The first kappa shape index (κ1) is 14.5. The molecule has 6 heteroatoms. The number of amides is 1. The second-order valence-electron chi connectivity index (χ2n) is 4.27. The highest BCUT2D eigenvalue weighted by Gasteiger charge is 2.11. The largest absolute Gasteiger partial charge is 0.478 e. The summed E-state index contributed by atoms with van der Waals surface area (Å²) >= 11 is 0. The molecular weight excluding hydrogens is 275 g/mol. The molecule has 21 heavy (non-hydrogen) atoms. The zero-order chi connectivity index (χ0) is 15.2. The van der Waals surface area contributed by atoms with Gasteiger partial charge in [-0.2, -0.15) is 0 Å². The Morgan fingerprint density at radius 3 is 2.48 bits per heavy atom. The van der Waals surface area contributed by atoms with Crippen LogP contribution in [-0.4, -0.2) is 23.5 Å². The summed E-state index contributed by atoms with van der Waals surface area (Å²) in [4.78, 5) is 22.5. The second-order valence-corrected chi connectivity index (χ2v) is 4.27. The van der Waals surface area contributed by atoms with Crippen LogP contribution in [0.3, 0.4) is 0 Å². The van der Waals surface area contributed by atoms with Gasteiger partial charge in [0.1, 0.15) is 5.82 Å². The van der Waals surface area contributed by atoms with Gasteiger partial charge in [-0.05, 0) is 30.3 Å². The van der Waals surface area contributed by atoms with Gasteiger partial charge in [0.25, 0.3) is 0 Å². The summed E-state index contributed by atoms with van der Waals surface area (Å²) in [6.45, 7) is -0.0548. The van der Waals surface area contributed by atoms with Crippen molar-refractivity contribution in [3.05, 3.63) is 59.9 Å². The molecule has 0 saturated carbocycles. The maximum atomic E-state index is 13.5. The van der Waals surface area contributed by atoms with Crippen molar-refractivity contribution < 1.29 is 19.1 Å². The molecule has 0 radical (unpaired) electrons. The summed E-state index contributed by atoms with van der Waals surface area (Å²) in [5, 5.41) is 14.0. The maximum Gasteiger partial charge on any atom is 0.335 e. The number of carboxylic acids is 1. The van der Waals surface area contributed by atoms with E-state index in [-0.39, 0.29) is 17.8 Å². The number of aromatic carboxylic acids is 1. The SMILES string of the molecule is O=C(CNc1ccccc1)Nc1cc(C(=O)O)ccc1F. The van der Waals surface area contributed by atoms with Gasteiger partial charge in [0.15, 0.2) is 0 Å². The molecule has 0 unspecified atom stereocenters. The average molecular weight is 288 g/mol. The van der Waals surface area contributed by atoms with Crippen molar-refractivity contribution >= 4 is 23.3 Å². The van der Waals surface area contributed by atoms with E-state index in [4.69, 9.17) is 5.11 Å². The summed E-state index contributed by atoms with van der Waals surface area (Å²) in [5.41, 5.74) is 0.505. The van der Waals surface area contributed by atoms with E-state index in [9.17, 15) is 14.0 Å². The maximum absolute atomic E-state index is 13.5. The normalized spacial score (nSPS) is 9.95. The summed E-state index contributed by atoms with van der Waals surface area (Å²) in [6, 6.07) is 12.3. The molecule has 0 bridgehead atoms. The lowest BCUT2D eigenvalue weighted by molar-refractivity contribution is -0.114. The number of benzene rings is 2. The number of para-hydroxylation sites is 1. The van der Waals surface area contributed by atoms with Crippen molar-refractivity contribution in [2.75, 3.05) is 17.2 Å². The van der Waals surface area contributed by atoms with E-state index in [1.165, 1.54) is 0 Å². The summed E-state index contributed by atoms with van der Waals surface area (Å²) in [6.07, 6.45) is 0. The third-order valence-corrected chi connectivity index (χ3v) is 2.71. The molecule has 3 N–H and O–H groups in total. The van der Waals surface area contributed by atoms with Crippen molar-refractivity contribution in [1.29, 1.82) is 0 Å². The first-order valence-electron chi connectivity index (χ1n) is 6.18. The zero-order valence-corrected chi connectivity index (χ0v) is 11.0. The van der Waals surface area contributed by atoms with Crippen LogP contribution < -0.4 is 10.6 Å². The Labute approximate surface area is 120 Å². The predicted molar refractivity (Wildman–Crippen MR) is 76.9 cm³/mol. The standard InChI is InChI=1S/C15H13FN2O3/c16-12-7-6-10(15(20)21)8-13(12)18-14(19)9-17-11-4-2-1-3-5-11/h1-8,17H,9H2,(H,18,19)(H,20,21). The highest BCUT2D eigenvalue weighted by Crippen LogP contribution is 2.16. The van der Waals surface area contributed by atoms with Gasteiger partial charge in [0.2, 0.25) is 5.91 Å². The van der Waals surface area contributed by atoms with Crippen LogP contribution in [0.5, 0.6) is 0 Å². The molecular formula is C15H13FN2O3. The van der Waals surface area contributed by atoms with Gasteiger partial charge in [-0.1, -0.05) is 18.2 Å². The molecule has 0 aliphatic heterocycles. The van der Waals surface area contributed by atoms with Crippen LogP contribution in [0.4, 0.5) is 15.8 Å². The van der Waals surface area contributed by atoms with Crippen molar-refractivity contribution in [3.63, 3.8) is 0 Å². The van der Waals surface area contributed by atoms with E-state index in [0.717, 1.165) is 23.9 Å². The fraction of sp³-hybridized carbons (Fsp3) is 0.0667. The van der Waals surface area contributed by atoms with Crippen LogP contribution in [-0.2, 0) is 4.79 Å². The Hall–Kier alpha value is -2.89. The van der Waals surface area contributed by atoms with Gasteiger partial charge in [0, 0.05) is 5.69 Å². The molecule has 0 spiro atoms. The number of rotatable bonds is 5. The highest BCUT2D eigenvalue weighted by atomic mass is 19.1. The number of hydrogen-bond acceptors (Lipinski definition) is 3. The van der Waals surface area contributed by atoms with Crippen molar-refractivity contribution in [3.8, 4) is 0 Å². The van der Waals surface area contributed by atoms with Crippen LogP contribution in [0, 0.1) is 5.82 Å². The monoisotopic (exact) mass is 288 g/mol. The van der Waals surface area contributed by atoms with Crippen molar-refractivity contribution in [2.24, 2.45) is 0 Å². The van der Waals surface area contributed by atoms with E-state index >= 15 is 0 Å². The summed E-state index contributed by atoms with van der Waals surface area (Å²) in [5.74, 6) is -2.35. The molecule has 2 aromatic rings. The van der Waals surface area contributed by atoms with Crippen LogP contribution >= 0.6 is 0 Å². The number of carboxylic acid groups (broad SMARTS) is 1. The lowest BCUT2D eigenvalue weighted by Gasteiger charge is -2.09. The molecule has 5 nitrogen and oxygen atoms in total. The lowest BCUT2D eigenvalue weighted by Crippen LogP contribution is -2.22. The van der Waals surface area contributed by atoms with E-state index in [1.807, 2.05) is 18.2 Å². The Kier molecular flexibility index (Phi) is 4.50. The first-order valence-corrected chi connectivity index (χ1v) is 6.18. The minimum absolute atomic E-state index is 0.0548. The summed E-state index contributed by atoms with van der Waals surface area (Å²) < 4.78 is 13.5. The highest BCUT2D eigenvalue weighted by molar-refractivity contribution is 5.95. The molecule has 2 rings (SSSR count). The van der Waals surface area contributed by atoms with Gasteiger partial charge in [-0.25, -0.2) is 9.18 Å². The fourth-order valence-corrected chi connectivity index (χ4v) is 1.69. The van der Waals surface area contributed by atoms with Crippen LogP contribution in [0.15, 0.2) is 48.5 Å². The molecule has 0 atom stereocenters. The van der Waals surface area contributed by atoms with Gasteiger partial charge in [-0.15, -0.1) is 0 Å². The lowest BCUT2D eigenvalue weighted by atomic mass is 10.2. The number of carbonyl (C=O) groups excluding carboxylic acids is 1. The molecule has 0 aromatic heterocycles. The minimum Gasteiger partial charge on any atom is -0.478 e. The minimum atomic E-state index is -1.19. The van der Waals surface area contributed by atoms with Crippen LogP contribution in [0.1, 0.15) is 10.4 Å². The molecule has 0 fully saturated rings. The number of carbonyl (C=O) groups is 2. The Morgan fingerprint density at radius 2 is 1.81 bits per heavy atom. The van der Waals surface area contributed by atoms with Gasteiger partial charge < -0.3 is 15.7 Å². The third kappa shape index (κ3) is 4.04. The van der Waals surface area contributed by atoms with Crippen LogP contribution in [0.2, 0.25) is 0 Å². The number of hydrogen-bond donors (Lipinski definition) is 3. The molecule has 0 aliphatic carbocycles. The van der Waals surface area contributed by atoms with E-state index < -0.39 is 17.7 Å². The third-order valence-electron chi connectivity index (χ3n) is 2.71. The Balaban J connectivity index is 1.99. The molecule has 108 valence electrons. The Bertz CT molecular complexity index is 659. The molecule has 1 amide bonds. The smallest absolute Gasteiger partial charge is 0.335 e. The first-order chi connectivity index (χ1) is 10.1. The van der Waals surface area contributed by atoms with Crippen LogP contribution in [0.25, 0.3) is 0 Å². The molecule has 0 heterocycles. The molecule has 2 aromatic carbocycles. The van der Waals surface area contributed by atoms with Crippen molar-refractivity contribution in [1.82, 2.24) is 0 Å². The quantitative estimate of drug-likeness (QED) is 0.790. The molecule has 0 saturated heterocycles. The fourth-order valence-electron chi connectivity index (χ4n) is 1.69.